The Hall–Kier alpha value is -0.220. The van der Waals surface area contributed by atoms with Crippen LogP contribution < -0.4 is 5.32 Å². The summed E-state index contributed by atoms with van der Waals surface area (Å²) in [6, 6.07) is 0. The fourth-order valence-corrected chi connectivity index (χ4v) is 1.85. The summed E-state index contributed by atoms with van der Waals surface area (Å²) in [5.41, 5.74) is -0.361. The molecule has 0 aromatic carbocycles. The highest BCUT2D eigenvalue weighted by atomic mass is 32.2. The third-order valence-corrected chi connectivity index (χ3v) is 2.73. The SMILES string of the molecule is CCCNCCCSCC(=O)OC(C)(C)C. The van der Waals surface area contributed by atoms with Gasteiger partial charge in [-0.1, -0.05) is 6.92 Å². The van der Waals surface area contributed by atoms with Crippen LogP contribution in [0.25, 0.3) is 0 Å². The Bertz CT molecular complexity index is 190. The molecule has 0 atom stereocenters. The molecule has 3 nitrogen and oxygen atoms in total. The average molecular weight is 247 g/mol. The Morgan fingerprint density at radius 2 is 2.00 bits per heavy atom. The summed E-state index contributed by atoms with van der Waals surface area (Å²) in [6.07, 6.45) is 2.28. The van der Waals surface area contributed by atoms with Crippen LogP contribution in [-0.4, -0.2) is 36.2 Å². The fraction of sp³-hybridized carbons (Fsp3) is 0.917. The summed E-state index contributed by atoms with van der Waals surface area (Å²) in [5.74, 6) is 1.36. The predicted molar refractivity (Wildman–Crippen MR) is 70.9 cm³/mol. The minimum Gasteiger partial charge on any atom is -0.459 e. The quantitative estimate of drug-likeness (QED) is 0.528. The highest BCUT2D eigenvalue weighted by Crippen LogP contribution is 2.10. The Balaban J connectivity index is 3.28. The molecule has 0 aliphatic heterocycles. The van der Waals surface area contributed by atoms with E-state index in [-0.39, 0.29) is 11.6 Å². The van der Waals surface area contributed by atoms with Gasteiger partial charge in [-0.25, -0.2) is 0 Å². The summed E-state index contributed by atoms with van der Waals surface area (Å²) in [6.45, 7) is 9.95. The Labute approximate surface area is 104 Å². The first-order chi connectivity index (χ1) is 7.45. The molecular weight excluding hydrogens is 222 g/mol. The van der Waals surface area contributed by atoms with Gasteiger partial charge in [-0.05, 0) is 52.5 Å². The number of nitrogens with one attached hydrogen (secondary N) is 1. The lowest BCUT2D eigenvalue weighted by atomic mass is 10.2. The van der Waals surface area contributed by atoms with E-state index in [9.17, 15) is 4.79 Å². The van der Waals surface area contributed by atoms with Gasteiger partial charge in [-0.15, -0.1) is 0 Å². The molecule has 1 N–H and O–H groups in total. The maximum Gasteiger partial charge on any atom is 0.316 e. The summed E-state index contributed by atoms with van der Waals surface area (Å²) in [4.78, 5) is 11.3. The number of rotatable bonds is 8. The van der Waals surface area contributed by atoms with Gasteiger partial charge in [0.1, 0.15) is 5.60 Å². The van der Waals surface area contributed by atoms with E-state index >= 15 is 0 Å². The van der Waals surface area contributed by atoms with Crippen molar-refractivity contribution >= 4 is 17.7 Å². The maximum absolute atomic E-state index is 11.3. The number of hydrogen-bond acceptors (Lipinski definition) is 4. The molecule has 0 spiro atoms. The van der Waals surface area contributed by atoms with Crippen molar-refractivity contribution in [1.29, 1.82) is 0 Å². The largest absolute Gasteiger partial charge is 0.459 e. The standard InChI is InChI=1S/C12H25NO2S/c1-5-7-13-8-6-9-16-10-11(14)15-12(2,3)4/h13H,5-10H2,1-4H3. The van der Waals surface area contributed by atoms with E-state index in [1.807, 2.05) is 20.8 Å². The van der Waals surface area contributed by atoms with Crippen molar-refractivity contribution in [3.8, 4) is 0 Å². The third-order valence-electron chi connectivity index (χ3n) is 1.71. The lowest BCUT2D eigenvalue weighted by Gasteiger charge is -2.19. The first-order valence-electron chi connectivity index (χ1n) is 5.96. The van der Waals surface area contributed by atoms with E-state index in [0.29, 0.717) is 5.75 Å². The number of carbonyl (C=O) groups is 1. The molecule has 0 heterocycles. The fourth-order valence-electron chi connectivity index (χ4n) is 1.13. The Morgan fingerprint density at radius 3 is 2.56 bits per heavy atom. The van der Waals surface area contributed by atoms with Crippen molar-refractivity contribution in [1.82, 2.24) is 5.32 Å². The van der Waals surface area contributed by atoms with Crippen LogP contribution in [0.2, 0.25) is 0 Å². The topological polar surface area (TPSA) is 38.3 Å². The highest BCUT2D eigenvalue weighted by molar-refractivity contribution is 7.99. The molecule has 0 rings (SSSR count). The highest BCUT2D eigenvalue weighted by Gasteiger charge is 2.15. The molecule has 0 aromatic rings. The first-order valence-corrected chi connectivity index (χ1v) is 7.11. The van der Waals surface area contributed by atoms with Crippen LogP contribution in [0.1, 0.15) is 40.5 Å². The van der Waals surface area contributed by atoms with E-state index in [1.165, 1.54) is 6.42 Å². The molecule has 16 heavy (non-hydrogen) atoms. The van der Waals surface area contributed by atoms with Crippen LogP contribution in [0.4, 0.5) is 0 Å². The molecule has 0 amide bonds. The van der Waals surface area contributed by atoms with Crippen LogP contribution >= 0.6 is 11.8 Å². The number of carbonyl (C=O) groups excluding carboxylic acids is 1. The van der Waals surface area contributed by atoms with Gasteiger partial charge >= 0.3 is 5.97 Å². The summed E-state index contributed by atoms with van der Waals surface area (Å²) < 4.78 is 5.21. The average Bonchev–Trinajstić information content (AvgIpc) is 2.13. The van der Waals surface area contributed by atoms with Crippen LogP contribution in [-0.2, 0) is 9.53 Å². The molecule has 0 aromatic heterocycles. The molecule has 96 valence electrons. The molecule has 0 aliphatic carbocycles. The van der Waals surface area contributed by atoms with Crippen molar-refractivity contribution < 1.29 is 9.53 Å². The van der Waals surface area contributed by atoms with Crippen LogP contribution in [0.3, 0.4) is 0 Å². The van der Waals surface area contributed by atoms with Gasteiger partial charge in [-0.3, -0.25) is 4.79 Å². The number of hydrogen-bond donors (Lipinski definition) is 1. The third kappa shape index (κ3) is 11.9. The second kappa shape index (κ2) is 8.88. The maximum atomic E-state index is 11.3. The molecular formula is C12H25NO2S. The molecule has 0 saturated carbocycles. The summed E-state index contributed by atoms with van der Waals surface area (Å²) >= 11 is 1.65. The van der Waals surface area contributed by atoms with Gasteiger partial charge in [-0.2, -0.15) is 11.8 Å². The lowest BCUT2D eigenvalue weighted by molar-refractivity contribution is -0.151. The molecule has 0 aliphatic rings. The van der Waals surface area contributed by atoms with Crippen LogP contribution in [0, 0.1) is 0 Å². The van der Waals surface area contributed by atoms with Crippen molar-refractivity contribution in [2.24, 2.45) is 0 Å². The van der Waals surface area contributed by atoms with Crippen molar-refractivity contribution in [3.05, 3.63) is 0 Å². The molecule has 4 heteroatoms. The lowest BCUT2D eigenvalue weighted by Crippen LogP contribution is -2.25. The van der Waals surface area contributed by atoms with E-state index < -0.39 is 0 Å². The molecule has 0 saturated heterocycles. The molecule has 0 radical (unpaired) electrons. The molecule has 0 bridgehead atoms. The van der Waals surface area contributed by atoms with Crippen LogP contribution in [0.5, 0.6) is 0 Å². The van der Waals surface area contributed by atoms with Gasteiger partial charge in [0.05, 0.1) is 5.75 Å². The van der Waals surface area contributed by atoms with E-state index in [1.54, 1.807) is 11.8 Å². The number of thioether (sulfide) groups is 1. The zero-order valence-corrected chi connectivity index (χ0v) is 11.8. The minimum atomic E-state index is -0.361. The first kappa shape index (κ1) is 15.8. The van der Waals surface area contributed by atoms with Gasteiger partial charge in [0.2, 0.25) is 0 Å². The zero-order valence-electron chi connectivity index (χ0n) is 11.0. The van der Waals surface area contributed by atoms with Gasteiger partial charge < -0.3 is 10.1 Å². The number of ether oxygens (including phenoxy) is 1. The van der Waals surface area contributed by atoms with E-state index in [0.717, 1.165) is 25.3 Å². The Kier molecular flexibility index (Phi) is 8.76. The minimum absolute atomic E-state index is 0.112. The summed E-state index contributed by atoms with van der Waals surface area (Å²) in [7, 11) is 0. The normalized spacial score (nSPS) is 11.5. The van der Waals surface area contributed by atoms with Gasteiger partial charge in [0.15, 0.2) is 0 Å². The van der Waals surface area contributed by atoms with Gasteiger partial charge in [0.25, 0.3) is 0 Å². The monoisotopic (exact) mass is 247 g/mol. The summed E-state index contributed by atoms with van der Waals surface area (Å²) in [5, 5.41) is 3.33. The predicted octanol–water partition coefficient (Wildman–Crippen LogP) is 2.45. The van der Waals surface area contributed by atoms with Crippen molar-refractivity contribution in [2.45, 2.75) is 46.1 Å². The van der Waals surface area contributed by atoms with E-state index in [4.69, 9.17) is 4.74 Å². The second-order valence-corrected chi connectivity index (χ2v) is 5.85. The zero-order chi connectivity index (χ0) is 12.4. The smallest absolute Gasteiger partial charge is 0.316 e. The Morgan fingerprint density at radius 1 is 1.31 bits per heavy atom. The molecule has 0 unspecified atom stereocenters. The molecule has 0 fully saturated rings. The second-order valence-electron chi connectivity index (χ2n) is 4.74. The number of esters is 1. The van der Waals surface area contributed by atoms with E-state index in [2.05, 4.69) is 12.2 Å². The van der Waals surface area contributed by atoms with Crippen molar-refractivity contribution in [2.75, 3.05) is 24.6 Å². The van der Waals surface area contributed by atoms with Gasteiger partial charge in [0, 0.05) is 0 Å². The van der Waals surface area contributed by atoms with Crippen LogP contribution in [0.15, 0.2) is 0 Å². The van der Waals surface area contributed by atoms with Crippen molar-refractivity contribution in [3.63, 3.8) is 0 Å².